The minimum absolute atomic E-state index is 0.218. The summed E-state index contributed by atoms with van der Waals surface area (Å²) in [6.45, 7) is 0.648. The second-order valence-electron chi connectivity index (χ2n) is 4.78. The Hall–Kier alpha value is -2.19. The first-order valence-electron chi connectivity index (χ1n) is 6.48. The van der Waals surface area contributed by atoms with E-state index in [1.807, 2.05) is 5.92 Å². The largest absolute Gasteiger partial charge is 0.496 e. The topological polar surface area (TPSA) is 67.4 Å². The van der Waals surface area contributed by atoms with Crippen molar-refractivity contribution in [2.24, 2.45) is 5.92 Å². The Bertz CT molecular complexity index is 618. The molecule has 1 fully saturated rings. The number of rotatable bonds is 5. The van der Waals surface area contributed by atoms with Gasteiger partial charge in [0.1, 0.15) is 5.75 Å². The van der Waals surface area contributed by atoms with Crippen LogP contribution < -0.4 is 15.4 Å². The molecule has 1 aromatic carbocycles. The summed E-state index contributed by atoms with van der Waals surface area (Å²) in [4.78, 5) is 23.3. The standard InChI is InChI=1S/C15H15ClN2O3/c1-3-14(19)18-12-7-13(21-2)10(6-11(12)16)15(20)17-8-9-4-5-9/h1,6-7,9H,4-5,8H2,2H3,(H,17,20)(H,18,19). The van der Waals surface area contributed by atoms with Crippen LogP contribution in [0.2, 0.25) is 5.02 Å². The van der Waals surface area contributed by atoms with Crippen molar-refractivity contribution in [1.29, 1.82) is 0 Å². The van der Waals surface area contributed by atoms with Gasteiger partial charge in [-0.1, -0.05) is 11.6 Å². The van der Waals surface area contributed by atoms with Gasteiger partial charge in [-0.15, -0.1) is 6.42 Å². The first-order valence-corrected chi connectivity index (χ1v) is 6.86. The second kappa shape index (κ2) is 6.51. The molecule has 1 aliphatic carbocycles. The zero-order chi connectivity index (χ0) is 15.4. The Morgan fingerprint density at radius 2 is 2.19 bits per heavy atom. The SMILES string of the molecule is C#CC(=O)Nc1cc(OC)c(C(=O)NCC2CC2)cc1Cl. The third kappa shape index (κ3) is 3.89. The zero-order valence-corrected chi connectivity index (χ0v) is 12.3. The summed E-state index contributed by atoms with van der Waals surface area (Å²) in [5.74, 6) is 1.94. The molecule has 5 nitrogen and oxygen atoms in total. The molecule has 2 rings (SSSR count). The first kappa shape index (κ1) is 15.2. The molecule has 2 N–H and O–H groups in total. The van der Waals surface area contributed by atoms with Crippen LogP contribution in [0.3, 0.4) is 0 Å². The number of methoxy groups -OCH3 is 1. The Kier molecular flexibility index (Phi) is 4.71. The summed E-state index contributed by atoms with van der Waals surface area (Å²) in [5.41, 5.74) is 0.622. The maximum atomic E-state index is 12.1. The summed E-state index contributed by atoms with van der Waals surface area (Å²) in [5, 5.41) is 5.50. The van der Waals surface area contributed by atoms with Crippen LogP contribution in [-0.4, -0.2) is 25.5 Å². The summed E-state index contributed by atoms with van der Waals surface area (Å²) in [7, 11) is 1.44. The lowest BCUT2D eigenvalue weighted by atomic mass is 10.1. The van der Waals surface area contributed by atoms with Crippen LogP contribution in [-0.2, 0) is 4.79 Å². The van der Waals surface area contributed by atoms with E-state index in [-0.39, 0.29) is 10.9 Å². The van der Waals surface area contributed by atoms with Crippen molar-refractivity contribution >= 4 is 29.1 Å². The molecular weight excluding hydrogens is 292 g/mol. The number of carbonyl (C=O) groups excluding carboxylic acids is 2. The van der Waals surface area contributed by atoms with Gasteiger partial charge in [-0.25, -0.2) is 0 Å². The van der Waals surface area contributed by atoms with Gasteiger partial charge in [-0.3, -0.25) is 9.59 Å². The average molecular weight is 307 g/mol. The Balaban J connectivity index is 2.20. The number of carbonyl (C=O) groups is 2. The van der Waals surface area contributed by atoms with E-state index in [9.17, 15) is 9.59 Å². The van der Waals surface area contributed by atoms with Crippen LogP contribution in [0.25, 0.3) is 0 Å². The molecule has 0 unspecified atom stereocenters. The van der Waals surface area contributed by atoms with E-state index < -0.39 is 5.91 Å². The van der Waals surface area contributed by atoms with E-state index in [4.69, 9.17) is 22.8 Å². The minimum Gasteiger partial charge on any atom is -0.496 e. The van der Waals surface area contributed by atoms with Gasteiger partial charge in [0.25, 0.3) is 11.8 Å². The van der Waals surface area contributed by atoms with E-state index in [0.29, 0.717) is 29.5 Å². The third-order valence-corrected chi connectivity index (χ3v) is 3.47. The van der Waals surface area contributed by atoms with Crippen molar-refractivity contribution in [2.45, 2.75) is 12.8 Å². The third-order valence-electron chi connectivity index (χ3n) is 3.16. The minimum atomic E-state index is -0.620. The molecule has 0 bridgehead atoms. The monoisotopic (exact) mass is 306 g/mol. The van der Waals surface area contributed by atoms with Gasteiger partial charge in [0.05, 0.1) is 23.4 Å². The number of nitrogens with one attached hydrogen (secondary N) is 2. The molecule has 0 saturated heterocycles. The normalized spacial score (nSPS) is 13.2. The molecule has 0 atom stereocenters. The Morgan fingerprint density at radius 3 is 2.76 bits per heavy atom. The smallest absolute Gasteiger partial charge is 0.300 e. The molecule has 1 saturated carbocycles. The molecule has 0 heterocycles. The highest BCUT2D eigenvalue weighted by Gasteiger charge is 2.23. The van der Waals surface area contributed by atoms with Crippen LogP contribution in [0.5, 0.6) is 5.75 Å². The highest BCUT2D eigenvalue weighted by atomic mass is 35.5. The highest BCUT2D eigenvalue weighted by molar-refractivity contribution is 6.34. The maximum Gasteiger partial charge on any atom is 0.300 e. The lowest BCUT2D eigenvalue weighted by Gasteiger charge is -2.12. The van der Waals surface area contributed by atoms with E-state index in [1.165, 1.54) is 19.2 Å². The van der Waals surface area contributed by atoms with Crippen molar-refractivity contribution in [1.82, 2.24) is 5.32 Å². The number of halogens is 1. The van der Waals surface area contributed by atoms with Crippen molar-refractivity contribution in [3.8, 4) is 18.1 Å². The summed E-state index contributed by atoms with van der Waals surface area (Å²) in [6, 6.07) is 2.93. The van der Waals surface area contributed by atoms with Gasteiger partial charge in [-0.05, 0) is 30.7 Å². The van der Waals surface area contributed by atoms with E-state index in [2.05, 4.69) is 10.6 Å². The number of anilines is 1. The van der Waals surface area contributed by atoms with Crippen molar-refractivity contribution in [2.75, 3.05) is 19.0 Å². The second-order valence-corrected chi connectivity index (χ2v) is 5.19. The predicted octanol–water partition coefficient (Wildman–Crippen LogP) is 2.06. The molecule has 0 radical (unpaired) electrons. The summed E-state index contributed by atoms with van der Waals surface area (Å²) >= 11 is 6.06. The summed E-state index contributed by atoms with van der Waals surface area (Å²) in [6.07, 6.45) is 7.29. The van der Waals surface area contributed by atoms with Gasteiger partial charge in [0.2, 0.25) is 0 Å². The maximum absolute atomic E-state index is 12.1. The predicted molar refractivity (Wildman–Crippen MR) is 80.5 cm³/mol. The number of amides is 2. The van der Waals surface area contributed by atoms with Crippen molar-refractivity contribution < 1.29 is 14.3 Å². The molecular formula is C15H15ClN2O3. The van der Waals surface area contributed by atoms with Crippen LogP contribution >= 0.6 is 11.6 Å². The molecule has 2 amide bonds. The van der Waals surface area contributed by atoms with Gasteiger partial charge in [0.15, 0.2) is 0 Å². The fourth-order valence-electron chi connectivity index (χ4n) is 1.81. The van der Waals surface area contributed by atoms with Crippen LogP contribution in [0.15, 0.2) is 12.1 Å². The number of terminal acetylenes is 1. The number of benzene rings is 1. The van der Waals surface area contributed by atoms with E-state index in [0.717, 1.165) is 12.8 Å². The van der Waals surface area contributed by atoms with Gasteiger partial charge in [-0.2, -0.15) is 0 Å². The van der Waals surface area contributed by atoms with Crippen LogP contribution in [0.4, 0.5) is 5.69 Å². The van der Waals surface area contributed by atoms with Crippen molar-refractivity contribution in [3.63, 3.8) is 0 Å². The van der Waals surface area contributed by atoms with Gasteiger partial charge in [0, 0.05) is 12.6 Å². The molecule has 0 spiro atoms. The molecule has 110 valence electrons. The molecule has 6 heteroatoms. The quantitative estimate of drug-likeness (QED) is 0.818. The summed E-state index contributed by atoms with van der Waals surface area (Å²) < 4.78 is 5.18. The van der Waals surface area contributed by atoms with Crippen LogP contribution in [0.1, 0.15) is 23.2 Å². The molecule has 1 aliphatic rings. The fraction of sp³-hybridized carbons (Fsp3) is 0.333. The zero-order valence-electron chi connectivity index (χ0n) is 11.5. The van der Waals surface area contributed by atoms with E-state index >= 15 is 0 Å². The van der Waals surface area contributed by atoms with Gasteiger partial charge >= 0.3 is 0 Å². The van der Waals surface area contributed by atoms with Gasteiger partial charge < -0.3 is 15.4 Å². The van der Waals surface area contributed by atoms with Crippen molar-refractivity contribution in [3.05, 3.63) is 22.7 Å². The molecule has 0 aromatic heterocycles. The number of hydrogen-bond donors (Lipinski definition) is 2. The Labute approximate surface area is 128 Å². The fourth-order valence-corrected chi connectivity index (χ4v) is 2.02. The highest BCUT2D eigenvalue weighted by Crippen LogP contribution is 2.31. The molecule has 1 aromatic rings. The lowest BCUT2D eigenvalue weighted by Crippen LogP contribution is -2.26. The van der Waals surface area contributed by atoms with E-state index in [1.54, 1.807) is 0 Å². The lowest BCUT2D eigenvalue weighted by molar-refractivity contribution is -0.111. The van der Waals surface area contributed by atoms with Crippen LogP contribution in [0, 0.1) is 18.3 Å². The first-order chi connectivity index (χ1) is 10.0. The molecule has 21 heavy (non-hydrogen) atoms. The molecule has 0 aliphatic heterocycles. The Morgan fingerprint density at radius 1 is 1.48 bits per heavy atom. The average Bonchev–Trinajstić information content (AvgIpc) is 3.30. The number of hydrogen-bond acceptors (Lipinski definition) is 3. The number of ether oxygens (including phenoxy) is 1.